The van der Waals surface area contributed by atoms with Gasteiger partial charge < -0.3 is 38.8 Å². The minimum Gasteiger partial charge on any atom is -0.481 e. The minimum atomic E-state index is -0.845. The Balaban J connectivity index is 0.951. The molecule has 8 saturated heterocycles. The van der Waals surface area contributed by atoms with Crippen LogP contribution in [0.4, 0.5) is 0 Å². The summed E-state index contributed by atoms with van der Waals surface area (Å²) in [7, 11) is 0. The van der Waals surface area contributed by atoms with Gasteiger partial charge in [0, 0.05) is 42.9 Å². The Bertz CT molecular complexity index is 1210. The van der Waals surface area contributed by atoms with E-state index < -0.39 is 53.9 Å². The van der Waals surface area contributed by atoms with Gasteiger partial charge in [-0.05, 0) is 95.4 Å². The number of hydrogen-bond donors (Lipinski definition) is 2. The third kappa shape index (κ3) is 6.49. The number of hydrogen-bond acceptors (Lipinski definition) is 12. The van der Waals surface area contributed by atoms with Crippen LogP contribution in [-0.4, -0.2) is 84.8 Å². The van der Waals surface area contributed by atoms with Crippen molar-refractivity contribution < 1.29 is 57.9 Å². The first-order valence-corrected chi connectivity index (χ1v) is 20.5. The molecule has 0 amide bonds. The van der Waals surface area contributed by atoms with Gasteiger partial charge in [0.25, 0.3) is 0 Å². The highest BCUT2D eigenvalue weighted by Gasteiger charge is 2.71. The Labute approximate surface area is 308 Å². The highest BCUT2D eigenvalue weighted by molar-refractivity contribution is 5.66. The molecular formula is C39H63NO12. The zero-order valence-electron chi connectivity index (χ0n) is 32.1. The van der Waals surface area contributed by atoms with Crippen LogP contribution in [0.15, 0.2) is 0 Å². The Morgan fingerprint density at radius 1 is 0.692 bits per heavy atom. The van der Waals surface area contributed by atoms with E-state index in [0.29, 0.717) is 49.9 Å². The van der Waals surface area contributed by atoms with Gasteiger partial charge in [-0.2, -0.15) is 0 Å². The predicted octanol–water partition coefficient (Wildman–Crippen LogP) is 6.04. The highest BCUT2D eigenvalue weighted by Crippen LogP contribution is 2.62. The lowest BCUT2D eigenvalue weighted by molar-refractivity contribution is -0.577. The van der Waals surface area contributed by atoms with Crippen LogP contribution in [0, 0.1) is 47.3 Å². The van der Waals surface area contributed by atoms with Gasteiger partial charge in [0.15, 0.2) is 36.4 Å². The monoisotopic (exact) mass is 737 g/mol. The molecule has 0 aromatic carbocycles. The topological polar surface area (TPSA) is 142 Å². The highest BCUT2D eigenvalue weighted by atomic mass is 17.3. The van der Waals surface area contributed by atoms with E-state index >= 15 is 0 Å². The van der Waals surface area contributed by atoms with E-state index in [1.54, 1.807) is 0 Å². The van der Waals surface area contributed by atoms with E-state index in [1.807, 2.05) is 13.8 Å². The Kier molecular flexibility index (Phi) is 10.6. The second-order valence-electron chi connectivity index (χ2n) is 18.1. The summed E-state index contributed by atoms with van der Waals surface area (Å²) in [5.41, 5.74) is -1.28. The summed E-state index contributed by atoms with van der Waals surface area (Å²) in [6.45, 7) is 14.3. The van der Waals surface area contributed by atoms with Crippen LogP contribution in [0.25, 0.3) is 0 Å². The second-order valence-corrected chi connectivity index (χ2v) is 18.1. The molecule has 10 aliphatic rings. The van der Waals surface area contributed by atoms with E-state index in [9.17, 15) is 4.79 Å². The zero-order chi connectivity index (χ0) is 36.5. The third-order valence-corrected chi connectivity index (χ3v) is 14.6. The van der Waals surface area contributed by atoms with Gasteiger partial charge in [-0.15, -0.1) is 0 Å². The molecule has 10 rings (SSSR count). The molecule has 16 atom stereocenters. The molecule has 0 unspecified atom stereocenters. The van der Waals surface area contributed by atoms with Crippen molar-refractivity contribution in [2.75, 3.05) is 19.8 Å². The number of rotatable bonds is 13. The van der Waals surface area contributed by atoms with Gasteiger partial charge in [0.05, 0.1) is 19.3 Å². The lowest BCUT2D eigenvalue weighted by atomic mass is 9.58. The largest absolute Gasteiger partial charge is 0.481 e. The van der Waals surface area contributed by atoms with Crippen LogP contribution in [0.5, 0.6) is 0 Å². The molecular weight excluding hydrogens is 674 g/mol. The summed E-state index contributed by atoms with van der Waals surface area (Å²) < 4.78 is 39.9. The normalized spacial score (nSPS) is 51.2. The number of carboxylic acids is 1. The van der Waals surface area contributed by atoms with Crippen LogP contribution >= 0.6 is 0 Å². The van der Waals surface area contributed by atoms with Crippen molar-refractivity contribution in [2.24, 2.45) is 47.3 Å². The van der Waals surface area contributed by atoms with Crippen molar-refractivity contribution in [3.63, 3.8) is 0 Å². The molecule has 0 aromatic rings. The van der Waals surface area contributed by atoms with Gasteiger partial charge in [0.1, 0.15) is 0 Å². The molecule has 2 aliphatic carbocycles. The third-order valence-electron chi connectivity index (χ3n) is 14.6. The summed E-state index contributed by atoms with van der Waals surface area (Å²) in [6.07, 6.45) is 8.14. The number of unbranched alkanes of at least 4 members (excludes halogenated alkanes) is 2. The molecule has 52 heavy (non-hydrogen) atoms. The molecule has 2 N–H and O–H groups in total. The maximum Gasteiger partial charge on any atom is 0.303 e. The van der Waals surface area contributed by atoms with E-state index in [2.05, 4.69) is 33.0 Å². The van der Waals surface area contributed by atoms with E-state index in [1.165, 1.54) is 0 Å². The second kappa shape index (κ2) is 14.5. The Morgan fingerprint density at radius 2 is 1.19 bits per heavy atom. The molecule has 8 aliphatic heterocycles. The number of fused-ring (bicyclic) bond motifs is 4. The standard InChI is InChI=1S/C39H63NO12/c1-22-11-13-29-24(3)32(45-34-38(29)27(22)15-17-36(5,47-34)49-51-38)43-20-26(40-19-9-7-8-10-31(41)42)21-44-33-25(4)30-14-12-23(2)28-16-18-37(6)48-35(46-33)39(28,30)52-50-37/h22-30,32-35,40H,7-21H2,1-6H3,(H,41,42)/t22-,23-,24-,25-,27+,28+,29+,30+,32+,33+,34-,35-,36+,37+,38-,39-/m1/s1. The summed E-state index contributed by atoms with van der Waals surface area (Å²) in [5, 5.41) is 12.7. The van der Waals surface area contributed by atoms with Crippen molar-refractivity contribution in [3.05, 3.63) is 0 Å². The van der Waals surface area contributed by atoms with E-state index in [4.69, 9.17) is 53.1 Å². The molecule has 13 nitrogen and oxygen atoms in total. The summed E-state index contributed by atoms with van der Waals surface area (Å²) >= 11 is 0. The van der Waals surface area contributed by atoms with Gasteiger partial charge in [-0.3, -0.25) is 4.79 Å². The quantitative estimate of drug-likeness (QED) is 0.168. The van der Waals surface area contributed by atoms with Crippen LogP contribution in [0.1, 0.15) is 119 Å². The summed E-state index contributed by atoms with van der Waals surface area (Å²) in [5.74, 6) is -0.425. The SMILES string of the molecule is C[C@H]1[C@@H](OCC(CO[C@H]2O[C@@H]3O[C@]4(C)CC[C@H]5[C@H](C)CC[C@@H]([C@H]2C)[C@@]35OO4)NCCCCCC(=O)O)O[C@@H]2O[C@]3(C)CC[C@H]4[C@H](C)CC[C@@H]1[C@@]24OO3. The van der Waals surface area contributed by atoms with Crippen molar-refractivity contribution in [3.8, 4) is 0 Å². The summed E-state index contributed by atoms with van der Waals surface area (Å²) in [4.78, 5) is 35.7. The molecule has 0 radical (unpaired) electrons. The molecule has 296 valence electrons. The number of aliphatic carboxylic acids is 1. The molecule has 4 bridgehead atoms. The van der Waals surface area contributed by atoms with Crippen LogP contribution < -0.4 is 5.32 Å². The average molecular weight is 738 g/mol. The molecule has 2 saturated carbocycles. The number of nitrogens with one attached hydrogen (secondary N) is 1. The smallest absolute Gasteiger partial charge is 0.303 e. The lowest BCUT2D eigenvalue weighted by Crippen LogP contribution is -2.70. The van der Waals surface area contributed by atoms with Gasteiger partial charge in [0.2, 0.25) is 11.6 Å². The minimum absolute atomic E-state index is 0.0596. The Hall–Kier alpha value is -0.970. The summed E-state index contributed by atoms with van der Waals surface area (Å²) in [6, 6.07) is -0.164. The van der Waals surface area contributed by atoms with Crippen molar-refractivity contribution in [1.82, 2.24) is 5.32 Å². The first kappa shape index (κ1) is 37.9. The molecule has 0 aromatic heterocycles. The van der Waals surface area contributed by atoms with Gasteiger partial charge in [-0.25, -0.2) is 19.6 Å². The van der Waals surface area contributed by atoms with Crippen LogP contribution in [0.2, 0.25) is 0 Å². The van der Waals surface area contributed by atoms with Crippen molar-refractivity contribution in [1.29, 1.82) is 0 Å². The number of ether oxygens (including phenoxy) is 6. The zero-order valence-corrected chi connectivity index (χ0v) is 32.1. The molecule has 13 heteroatoms. The van der Waals surface area contributed by atoms with E-state index in [0.717, 1.165) is 64.2 Å². The van der Waals surface area contributed by atoms with Crippen molar-refractivity contribution >= 4 is 5.97 Å². The lowest BCUT2D eigenvalue weighted by Gasteiger charge is -2.60. The van der Waals surface area contributed by atoms with Gasteiger partial charge in [-0.1, -0.05) is 34.1 Å². The maximum absolute atomic E-state index is 11.0. The van der Waals surface area contributed by atoms with Crippen LogP contribution in [-0.2, 0) is 52.8 Å². The molecule has 8 heterocycles. The maximum atomic E-state index is 11.0. The fourth-order valence-electron chi connectivity index (χ4n) is 11.6. The van der Waals surface area contributed by atoms with E-state index in [-0.39, 0.29) is 36.1 Å². The number of carboxylic acid groups (broad SMARTS) is 1. The average Bonchev–Trinajstić information content (AvgIpc) is 3.48. The van der Waals surface area contributed by atoms with Gasteiger partial charge >= 0.3 is 5.97 Å². The number of carbonyl (C=O) groups is 1. The first-order valence-electron chi connectivity index (χ1n) is 20.5. The Morgan fingerprint density at radius 3 is 1.67 bits per heavy atom. The molecule has 2 spiro atoms. The molecule has 10 fully saturated rings. The van der Waals surface area contributed by atoms with Crippen molar-refractivity contribution in [2.45, 2.75) is 173 Å². The fraction of sp³-hybridized carbons (Fsp3) is 0.974. The first-order chi connectivity index (χ1) is 24.9. The van der Waals surface area contributed by atoms with Crippen LogP contribution in [0.3, 0.4) is 0 Å². The fourth-order valence-corrected chi connectivity index (χ4v) is 11.6. The predicted molar refractivity (Wildman–Crippen MR) is 183 cm³/mol.